The summed E-state index contributed by atoms with van der Waals surface area (Å²) in [5, 5.41) is 2.93. The number of carbonyl (C=O) groups is 1. The van der Waals surface area contributed by atoms with Crippen molar-refractivity contribution < 1.29 is 4.79 Å². The molecule has 0 spiro atoms. The van der Waals surface area contributed by atoms with Gasteiger partial charge >= 0.3 is 0 Å². The van der Waals surface area contributed by atoms with Crippen LogP contribution in [-0.2, 0) is 11.2 Å². The summed E-state index contributed by atoms with van der Waals surface area (Å²) < 4.78 is -0.884. The van der Waals surface area contributed by atoms with Crippen LogP contribution >= 0.6 is 23.2 Å². The lowest BCUT2D eigenvalue weighted by atomic mass is 10.0. The molecule has 0 radical (unpaired) electrons. The Kier molecular flexibility index (Phi) is 4.36. The highest BCUT2D eigenvalue weighted by Crippen LogP contribution is 2.63. The number of carbonyl (C=O) groups excluding carboxylic acids is 1. The Morgan fingerprint density at radius 1 is 1.35 bits per heavy atom. The molecule has 0 saturated heterocycles. The van der Waals surface area contributed by atoms with E-state index in [0.29, 0.717) is 13.0 Å². The van der Waals surface area contributed by atoms with Crippen LogP contribution in [0.2, 0.25) is 0 Å². The molecule has 0 heterocycles. The fourth-order valence-corrected chi connectivity index (χ4v) is 3.15. The number of aryl methyl sites for hydroxylation is 3. The summed E-state index contributed by atoms with van der Waals surface area (Å²) in [6, 6.07) is 6.48. The predicted octanol–water partition coefficient (Wildman–Crippen LogP) is 3.94. The minimum Gasteiger partial charge on any atom is -0.356 e. The van der Waals surface area contributed by atoms with Gasteiger partial charge in [-0.1, -0.05) is 23.8 Å². The van der Waals surface area contributed by atoms with Gasteiger partial charge in [0.2, 0.25) is 5.91 Å². The standard InChI is InChI=1S/C16H21Cl2NO/c1-11-6-7-13(12(2)9-11)5-4-8-19-14(20)15(3)10-16(15,17)18/h6-7,9H,4-5,8,10H2,1-3H3,(H,19,20). The number of alkyl halides is 2. The lowest BCUT2D eigenvalue weighted by molar-refractivity contribution is -0.125. The van der Waals surface area contributed by atoms with Crippen molar-refractivity contribution in [1.82, 2.24) is 5.32 Å². The highest BCUT2D eigenvalue weighted by molar-refractivity contribution is 6.53. The number of rotatable bonds is 5. The molecule has 4 heteroatoms. The number of hydrogen-bond donors (Lipinski definition) is 1. The first kappa shape index (κ1) is 15.7. The lowest BCUT2D eigenvalue weighted by Gasteiger charge is -2.13. The smallest absolute Gasteiger partial charge is 0.229 e. The van der Waals surface area contributed by atoms with E-state index < -0.39 is 9.75 Å². The molecule has 1 saturated carbocycles. The Bertz CT molecular complexity index is 527. The van der Waals surface area contributed by atoms with Crippen LogP contribution in [0, 0.1) is 19.3 Å². The maximum atomic E-state index is 12.0. The average Bonchev–Trinajstić information content (AvgIpc) is 2.87. The second kappa shape index (κ2) is 5.57. The third-order valence-corrected chi connectivity index (χ3v) is 5.27. The zero-order valence-corrected chi connectivity index (χ0v) is 13.7. The molecular weight excluding hydrogens is 293 g/mol. The Hall–Kier alpha value is -0.730. The van der Waals surface area contributed by atoms with E-state index in [9.17, 15) is 4.79 Å². The van der Waals surface area contributed by atoms with E-state index in [2.05, 4.69) is 37.4 Å². The molecule has 1 aromatic rings. The van der Waals surface area contributed by atoms with E-state index in [1.54, 1.807) is 0 Å². The van der Waals surface area contributed by atoms with Crippen LogP contribution < -0.4 is 5.32 Å². The summed E-state index contributed by atoms with van der Waals surface area (Å²) in [5.74, 6) is -0.0388. The van der Waals surface area contributed by atoms with Crippen molar-refractivity contribution in [3.05, 3.63) is 34.9 Å². The molecule has 1 aromatic carbocycles. The molecule has 0 aromatic heterocycles. The summed E-state index contributed by atoms with van der Waals surface area (Å²) in [6.45, 7) is 6.69. The van der Waals surface area contributed by atoms with Crippen LogP contribution in [-0.4, -0.2) is 16.8 Å². The van der Waals surface area contributed by atoms with Crippen molar-refractivity contribution in [2.75, 3.05) is 6.54 Å². The van der Waals surface area contributed by atoms with Gasteiger partial charge < -0.3 is 5.32 Å². The second-order valence-electron chi connectivity index (χ2n) is 6.00. The van der Waals surface area contributed by atoms with Gasteiger partial charge in [0.25, 0.3) is 0 Å². The van der Waals surface area contributed by atoms with Crippen LogP contribution in [0.25, 0.3) is 0 Å². The topological polar surface area (TPSA) is 29.1 Å². The summed E-state index contributed by atoms with van der Waals surface area (Å²) >= 11 is 12.0. The van der Waals surface area contributed by atoms with Gasteiger partial charge in [0.1, 0.15) is 4.33 Å². The van der Waals surface area contributed by atoms with Crippen LogP contribution in [0.4, 0.5) is 0 Å². The third-order valence-electron chi connectivity index (χ3n) is 4.17. The van der Waals surface area contributed by atoms with Gasteiger partial charge in [-0.25, -0.2) is 0 Å². The van der Waals surface area contributed by atoms with Gasteiger partial charge in [-0.15, -0.1) is 23.2 Å². The zero-order valence-electron chi connectivity index (χ0n) is 12.2. The molecule has 1 aliphatic carbocycles. The first-order valence-corrected chi connectivity index (χ1v) is 7.74. The van der Waals surface area contributed by atoms with Crippen molar-refractivity contribution >= 4 is 29.1 Å². The lowest BCUT2D eigenvalue weighted by Crippen LogP contribution is -2.34. The highest BCUT2D eigenvalue weighted by Gasteiger charge is 2.67. The van der Waals surface area contributed by atoms with Crippen molar-refractivity contribution in [2.45, 2.75) is 44.4 Å². The van der Waals surface area contributed by atoms with Gasteiger partial charge in [-0.05, 0) is 51.2 Å². The summed E-state index contributed by atoms with van der Waals surface area (Å²) in [6.07, 6.45) is 2.42. The Morgan fingerprint density at radius 2 is 2.00 bits per heavy atom. The number of halogens is 2. The van der Waals surface area contributed by atoms with Crippen LogP contribution in [0.15, 0.2) is 18.2 Å². The van der Waals surface area contributed by atoms with Crippen molar-refractivity contribution in [3.8, 4) is 0 Å². The molecular formula is C16H21Cl2NO. The van der Waals surface area contributed by atoms with Crippen LogP contribution in [0.5, 0.6) is 0 Å². The fourth-order valence-electron chi connectivity index (χ4n) is 2.45. The average molecular weight is 314 g/mol. The van der Waals surface area contributed by atoms with Gasteiger partial charge in [0.05, 0.1) is 5.41 Å². The first-order chi connectivity index (χ1) is 9.26. The number of nitrogens with one attached hydrogen (secondary N) is 1. The summed E-state index contributed by atoms with van der Waals surface area (Å²) in [4.78, 5) is 12.0. The maximum Gasteiger partial charge on any atom is 0.229 e. The van der Waals surface area contributed by atoms with Gasteiger partial charge in [0.15, 0.2) is 0 Å². The van der Waals surface area contributed by atoms with E-state index in [4.69, 9.17) is 23.2 Å². The van der Waals surface area contributed by atoms with Crippen molar-refractivity contribution in [1.29, 1.82) is 0 Å². The molecule has 1 unspecified atom stereocenters. The summed E-state index contributed by atoms with van der Waals surface area (Å²) in [5.41, 5.74) is 3.31. The monoisotopic (exact) mass is 313 g/mol. The zero-order chi connectivity index (χ0) is 15.0. The molecule has 1 N–H and O–H groups in total. The second-order valence-corrected chi connectivity index (χ2v) is 7.49. The molecule has 2 nitrogen and oxygen atoms in total. The van der Waals surface area contributed by atoms with Crippen molar-refractivity contribution in [2.24, 2.45) is 5.41 Å². The molecule has 1 fully saturated rings. The highest BCUT2D eigenvalue weighted by atomic mass is 35.5. The van der Waals surface area contributed by atoms with Crippen LogP contribution in [0.1, 0.15) is 36.5 Å². The Morgan fingerprint density at radius 3 is 2.55 bits per heavy atom. The number of amides is 1. The molecule has 2 rings (SSSR count). The first-order valence-electron chi connectivity index (χ1n) is 6.98. The summed E-state index contributed by atoms with van der Waals surface area (Å²) in [7, 11) is 0. The predicted molar refractivity (Wildman–Crippen MR) is 84.4 cm³/mol. The Balaban J connectivity index is 1.76. The molecule has 1 aliphatic rings. The maximum absolute atomic E-state index is 12.0. The van der Waals surface area contributed by atoms with E-state index >= 15 is 0 Å². The third kappa shape index (κ3) is 3.12. The molecule has 1 amide bonds. The molecule has 0 bridgehead atoms. The van der Waals surface area contributed by atoms with E-state index in [-0.39, 0.29) is 5.91 Å². The van der Waals surface area contributed by atoms with E-state index in [1.165, 1.54) is 16.7 Å². The van der Waals surface area contributed by atoms with Gasteiger partial charge in [0, 0.05) is 6.54 Å². The molecule has 20 heavy (non-hydrogen) atoms. The number of benzene rings is 1. The Labute approximate surface area is 130 Å². The minimum absolute atomic E-state index is 0.0388. The molecule has 0 aliphatic heterocycles. The molecule has 1 atom stereocenters. The van der Waals surface area contributed by atoms with E-state index in [1.807, 2.05) is 6.92 Å². The quantitative estimate of drug-likeness (QED) is 0.647. The minimum atomic E-state index is -0.884. The SMILES string of the molecule is Cc1ccc(CCCNC(=O)C2(C)CC2(Cl)Cl)c(C)c1. The number of hydrogen-bond acceptors (Lipinski definition) is 1. The van der Waals surface area contributed by atoms with Gasteiger partial charge in [-0.2, -0.15) is 0 Å². The fraction of sp³-hybridized carbons (Fsp3) is 0.562. The normalized spacial score (nSPS) is 23.4. The van der Waals surface area contributed by atoms with Gasteiger partial charge in [-0.3, -0.25) is 4.79 Å². The van der Waals surface area contributed by atoms with Crippen molar-refractivity contribution in [3.63, 3.8) is 0 Å². The largest absolute Gasteiger partial charge is 0.356 e. The van der Waals surface area contributed by atoms with E-state index in [0.717, 1.165) is 12.8 Å². The van der Waals surface area contributed by atoms with Crippen LogP contribution in [0.3, 0.4) is 0 Å². The molecule has 110 valence electrons.